The van der Waals surface area contributed by atoms with Crippen molar-refractivity contribution in [1.29, 1.82) is 0 Å². The van der Waals surface area contributed by atoms with Crippen molar-refractivity contribution in [3.8, 4) is 0 Å². The second kappa shape index (κ2) is 8.20. The number of carbonyl (C=O) groups excluding carboxylic acids is 1. The number of nitrogens with one attached hydrogen (secondary N) is 1. The van der Waals surface area contributed by atoms with Crippen LogP contribution >= 0.6 is 0 Å². The van der Waals surface area contributed by atoms with Crippen LogP contribution < -0.4 is 5.32 Å². The van der Waals surface area contributed by atoms with E-state index >= 15 is 0 Å². The van der Waals surface area contributed by atoms with E-state index in [9.17, 15) is 14.9 Å². The summed E-state index contributed by atoms with van der Waals surface area (Å²) in [4.78, 5) is 21.4. The molecule has 1 rings (SSSR count). The Morgan fingerprint density at radius 3 is 2.79 bits per heavy atom. The molecule has 8 nitrogen and oxygen atoms in total. The summed E-state index contributed by atoms with van der Waals surface area (Å²) in [6, 6.07) is 0. The van der Waals surface area contributed by atoms with Gasteiger partial charge in [-0.15, -0.1) is 0 Å². The number of nitrogens with zero attached hydrogens (tertiary/aromatic N) is 3. The Kier molecular flexibility index (Phi) is 6.51. The molecule has 106 valence electrons. The molecular formula is C11H18N4O4. The maximum Gasteiger partial charge on any atom is 0.307 e. The molecule has 0 saturated heterocycles. The van der Waals surface area contributed by atoms with Gasteiger partial charge in [-0.1, -0.05) is 12.8 Å². The summed E-state index contributed by atoms with van der Waals surface area (Å²) >= 11 is 0. The molecule has 0 saturated carbocycles. The van der Waals surface area contributed by atoms with Crippen LogP contribution in [0.2, 0.25) is 0 Å². The lowest BCUT2D eigenvalue weighted by atomic mass is 10.2. The molecule has 1 heterocycles. The zero-order valence-corrected chi connectivity index (χ0v) is 10.6. The van der Waals surface area contributed by atoms with Crippen molar-refractivity contribution in [1.82, 2.24) is 15.1 Å². The third-order valence-electron chi connectivity index (χ3n) is 2.54. The molecule has 0 radical (unpaired) electrons. The van der Waals surface area contributed by atoms with E-state index < -0.39 is 4.92 Å². The number of unbranched alkanes of at least 4 members (excludes halogenated alkanes) is 3. The number of carbonyl (C=O) groups is 1. The van der Waals surface area contributed by atoms with Crippen LogP contribution in [0.1, 0.15) is 25.7 Å². The molecule has 0 unspecified atom stereocenters. The Morgan fingerprint density at radius 2 is 2.16 bits per heavy atom. The SMILES string of the molecule is O=C(Cn1cc([N+](=O)[O-])cn1)NCCCCCCO. The van der Waals surface area contributed by atoms with Gasteiger partial charge < -0.3 is 10.4 Å². The van der Waals surface area contributed by atoms with Crippen LogP contribution in [0.5, 0.6) is 0 Å². The minimum atomic E-state index is -0.553. The fraction of sp³-hybridized carbons (Fsp3) is 0.636. The second-order valence-electron chi connectivity index (χ2n) is 4.14. The molecule has 1 aromatic rings. The van der Waals surface area contributed by atoms with E-state index in [-0.39, 0.29) is 24.7 Å². The molecule has 0 aromatic carbocycles. The minimum Gasteiger partial charge on any atom is -0.396 e. The van der Waals surface area contributed by atoms with Gasteiger partial charge in [0.05, 0.1) is 4.92 Å². The topological polar surface area (TPSA) is 110 Å². The largest absolute Gasteiger partial charge is 0.396 e. The van der Waals surface area contributed by atoms with Crippen molar-refractivity contribution in [2.24, 2.45) is 0 Å². The summed E-state index contributed by atoms with van der Waals surface area (Å²) in [6.07, 6.45) is 5.87. The summed E-state index contributed by atoms with van der Waals surface area (Å²) in [6.45, 7) is 0.739. The smallest absolute Gasteiger partial charge is 0.307 e. The van der Waals surface area contributed by atoms with Gasteiger partial charge in [0.15, 0.2) is 0 Å². The predicted octanol–water partition coefficient (Wildman–Crippen LogP) is 0.460. The molecule has 0 aliphatic carbocycles. The first-order valence-electron chi connectivity index (χ1n) is 6.18. The number of rotatable bonds is 9. The number of aliphatic hydroxyl groups is 1. The van der Waals surface area contributed by atoms with Crippen molar-refractivity contribution in [3.63, 3.8) is 0 Å². The maximum atomic E-state index is 11.5. The summed E-state index contributed by atoms with van der Waals surface area (Å²) in [5.74, 6) is -0.222. The number of amides is 1. The maximum absolute atomic E-state index is 11.5. The number of aliphatic hydroxyl groups excluding tert-OH is 1. The molecule has 1 aromatic heterocycles. The molecule has 2 N–H and O–H groups in total. The Hall–Kier alpha value is -1.96. The van der Waals surface area contributed by atoms with Crippen molar-refractivity contribution in [3.05, 3.63) is 22.5 Å². The molecule has 19 heavy (non-hydrogen) atoms. The van der Waals surface area contributed by atoms with E-state index in [1.165, 1.54) is 10.9 Å². The van der Waals surface area contributed by atoms with E-state index in [2.05, 4.69) is 10.4 Å². The average Bonchev–Trinajstić information content (AvgIpc) is 2.82. The van der Waals surface area contributed by atoms with E-state index in [4.69, 9.17) is 5.11 Å². The quantitative estimate of drug-likeness (QED) is 0.385. The monoisotopic (exact) mass is 270 g/mol. The van der Waals surface area contributed by atoms with Crippen LogP contribution in [0.15, 0.2) is 12.4 Å². The van der Waals surface area contributed by atoms with E-state index in [1.54, 1.807) is 0 Å². The van der Waals surface area contributed by atoms with Gasteiger partial charge in [-0.05, 0) is 12.8 Å². The zero-order chi connectivity index (χ0) is 14.1. The van der Waals surface area contributed by atoms with Gasteiger partial charge >= 0.3 is 5.69 Å². The van der Waals surface area contributed by atoms with Gasteiger partial charge in [0.1, 0.15) is 18.9 Å². The van der Waals surface area contributed by atoms with E-state index in [0.717, 1.165) is 31.9 Å². The lowest BCUT2D eigenvalue weighted by Gasteiger charge is -2.04. The molecule has 0 aliphatic heterocycles. The third kappa shape index (κ3) is 5.96. The lowest BCUT2D eigenvalue weighted by molar-refractivity contribution is -0.385. The highest BCUT2D eigenvalue weighted by molar-refractivity contribution is 5.75. The van der Waals surface area contributed by atoms with Gasteiger partial charge in [0.25, 0.3) is 0 Å². The molecule has 0 aliphatic rings. The highest BCUT2D eigenvalue weighted by atomic mass is 16.6. The van der Waals surface area contributed by atoms with Gasteiger partial charge in [-0.2, -0.15) is 5.10 Å². The number of nitro groups is 1. The highest BCUT2D eigenvalue weighted by Gasteiger charge is 2.10. The fourth-order valence-electron chi connectivity index (χ4n) is 1.55. The minimum absolute atomic E-state index is 0.0233. The standard InChI is InChI=1S/C11H18N4O4/c16-6-4-2-1-3-5-12-11(17)9-14-8-10(7-13-14)15(18)19/h7-8,16H,1-6,9H2,(H,12,17). The van der Waals surface area contributed by atoms with Crippen LogP contribution in [0.3, 0.4) is 0 Å². The first-order chi connectivity index (χ1) is 9.13. The summed E-state index contributed by atoms with van der Waals surface area (Å²) in [5.41, 5.74) is -0.128. The highest BCUT2D eigenvalue weighted by Crippen LogP contribution is 2.07. The summed E-state index contributed by atoms with van der Waals surface area (Å²) in [7, 11) is 0. The van der Waals surface area contributed by atoms with Gasteiger partial charge in [0, 0.05) is 13.2 Å². The van der Waals surface area contributed by atoms with Crippen LogP contribution in [0.25, 0.3) is 0 Å². The van der Waals surface area contributed by atoms with Crippen LogP contribution in [0, 0.1) is 10.1 Å². The van der Waals surface area contributed by atoms with Gasteiger partial charge in [-0.3, -0.25) is 19.6 Å². The molecule has 0 bridgehead atoms. The summed E-state index contributed by atoms with van der Waals surface area (Å²) < 4.78 is 1.24. The number of aromatic nitrogens is 2. The molecular weight excluding hydrogens is 252 g/mol. The molecule has 0 spiro atoms. The lowest BCUT2D eigenvalue weighted by Crippen LogP contribution is -2.28. The fourth-order valence-corrected chi connectivity index (χ4v) is 1.55. The third-order valence-corrected chi connectivity index (χ3v) is 2.54. The first-order valence-corrected chi connectivity index (χ1v) is 6.18. The normalized spacial score (nSPS) is 10.4. The molecule has 0 fully saturated rings. The summed E-state index contributed by atoms with van der Waals surface area (Å²) in [5, 5.41) is 25.5. The van der Waals surface area contributed by atoms with Crippen LogP contribution in [-0.2, 0) is 11.3 Å². The second-order valence-corrected chi connectivity index (χ2v) is 4.14. The van der Waals surface area contributed by atoms with Crippen molar-refractivity contribution in [2.75, 3.05) is 13.2 Å². The van der Waals surface area contributed by atoms with Crippen molar-refractivity contribution >= 4 is 11.6 Å². The predicted molar refractivity (Wildman–Crippen MR) is 67.4 cm³/mol. The van der Waals surface area contributed by atoms with E-state index in [0.29, 0.717) is 6.54 Å². The zero-order valence-electron chi connectivity index (χ0n) is 10.6. The van der Waals surface area contributed by atoms with Crippen LogP contribution in [-0.4, -0.2) is 38.9 Å². The number of hydrogen-bond acceptors (Lipinski definition) is 5. The van der Waals surface area contributed by atoms with Gasteiger partial charge in [-0.25, -0.2) is 0 Å². The Balaban J connectivity index is 2.18. The molecule has 0 atom stereocenters. The van der Waals surface area contributed by atoms with Crippen molar-refractivity contribution < 1.29 is 14.8 Å². The molecule has 1 amide bonds. The van der Waals surface area contributed by atoms with Crippen molar-refractivity contribution in [2.45, 2.75) is 32.2 Å². The van der Waals surface area contributed by atoms with E-state index in [1.807, 2.05) is 0 Å². The van der Waals surface area contributed by atoms with Crippen LogP contribution in [0.4, 0.5) is 5.69 Å². The number of hydrogen-bond donors (Lipinski definition) is 2. The van der Waals surface area contributed by atoms with Gasteiger partial charge in [0.2, 0.25) is 5.91 Å². The average molecular weight is 270 g/mol. The Labute approximate surface area is 110 Å². The Morgan fingerprint density at radius 1 is 1.42 bits per heavy atom. The Bertz CT molecular complexity index is 419. The molecule has 8 heteroatoms. The first kappa shape index (κ1) is 15.1.